The predicted octanol–water partition coefficient (Wildman–Crippen LogP) is 5.25. The number of benzene rings is 2. The highest BCUT2D eigenvalue weighted by atomic mass is 32.2. The van der Waals surface area contributed by atoms with Crippen LogP contribution in [0.3, 0.4) is 0 Å². The summed E-state index contributed by atoms with van der Waals surface area (Å²) in [5.74, 6) is 1.83. The number of ether oxygens (including phenoxy) is 1. The van der Waals surface area contributed by atoms with Crippen LogP contribution in [0.1, 0.15) is 18.1 Å². The highest BCUT2D eigenvalue weighted by Crippen LogP contribution is 2.36. The van der Waals surface area contributed by atoms with Crippen molar-refractivity contribution in [1.29, 1.82) is 5.26 Å². The molecular formula is C29H37N7O3S. The first-order valence-corrected chi connectivity index (χ1v) is 14.2. The van der Waals surface area contributed by atoms with Gasteiger partial charge < -0.3 is 30.5 Å². The van der Waals surface area contributed by atoms with Gasteiger partial charge in [-0.05, 0) is 49.9 Å². The Morgan fingerprint density at radius 2 is 1.77 bits per heavy atom. The summed E-state index contributed by atoms with van der Waals surface area (Å²) in [4.78, 5) is 8.03. The van der Waals surface area contributed by atoms with E-state index in [0.29, 0.717) is 53.8 Å². The Hall–Kier alpha value is -3.53. The Balaban J connectivity index is 1.79. The number of likely N-dealkylation sites (N-methyl/N-ethyl adjacent to an activating group) is 1. The van der Waals surface area contributed by atoms with Crippen LogP contribution in [0.2, 0.25) is 0 Å². The first-order valence-electron chi connectivity index (χ1n) is 13.3. The van der Waals surface area contributed by atoms with E-state index in [0.717, 1.165) is 29.4 Å². The van der Waals surface area contributed by atoms with Gasteiger partial charge in [-0.15, -0.1) is 16.9 Å². The third-order valence-corrected chi connectivity index (χ3v) is 6.97. The van der Waals surface area contributed by atoms with Crippen LogP contribution >= 0.6 is 11.8 Å². The number of azo groups is 1. The molecule has 1 heterocycles. The van der Waals surface area contributed by atoms with E-state index in [4.69, 9.17) is 14.9 Å². The topological polar surface area (TPSA) is 138 Å². The lowest BCUT2D eigenvalue weighted by molar-refractivity contribution is 0.0992. The number of aliphatic hydroxyl groups is 2. The molecule has 212 valence electrons. The van der Waals surface area contributed by atoms with Gasteiger partial charge in [-0.2, -0.15) is 10.4 Å². The zero-order chi connectivity index (χ0) is 28.6. The van der Waals surface area contributed by atoms with Gasteiger partial charge in [-0.3, -0.25) is 0 Å². The van der Waals surface area contributed by atoms with Gasteiger partial charge in [0.15, 0.2) is 5.82 Å². The molecular weight excluding hydrogens is 526 g/mol. The number of hydrogen-bond acceptors (Lipinski definition) is 11. The van der Waals surface area contributed by atoms with E-state index in [1.165, 1.54) is 0 Å². The molecule has 0 radical (unpaired) electrons. The maximum Gasteiger partial charge on any atom is 0.161 e. The smallest absolute Gasteiger partial charge is 0.161 e. The molecule has 0 unspecified atom stereocenters. The molecule has 1 aromatic heterocycles. The summed E-state index contributed by atoms with van der Waals surface area (Å²) in [6.07, 6.45) is 0. The van der Waals surface area contributed by atoms with E-state index in [1.54, 1.807) is 11.8 Å². The standard InChI is InChI=1S/C29H37N7O3S/c1-3-36(14-16-37)15-20-40-25-11-9-24(10-12-25)34-35-27-22(2)26(21-30)28(31-13-18-39-19-17-38)33-29(27)32-23-7-5-4-6-8-23/h4-12,37-38H,3,13-20H2,1-2H3,(H2,31,32,33). The fraction of sp³-hybridized carbons (Fsp3) is 0.379. The van der Waals surface area contributed by atoms with E-state index >= 15 is 0 Å². The summed E-state index contributed by atoms with van der Waals surface area (Å²) >= 11 is 1.76. The normalized spacial score (nSPS) is 11.2. The van der Waals surface area contributed by atoms with Crippen LogP contribution in [0.4, 0.5) is 28.7 Å². The number of rotatable bonds is 17. The molecule has 0 saturated heterocycles. The maximum atomic E-state index is 9.91. The number of aromatic nitrogens is 1. The Bertz CT molecular complexity index is 1250. The number of nitrogens with one attached hydrogen (secondary N) is 2. The summed E-state index contributed by atoms with van der Waals surface area (Å²) in [6.45, 7) is 7.61. The van der Waals surface area contributed by atoms with Crippen molar-refractivity contribution in [2.75, 3.05) is 69.0 Å². The zero-order valence-electron chi connectivity index (χ0n) is 23.0. The van der Waals surface area contributed by atoms with Crippen LogP contribution in [-0.4, -0.2) is 78.5 Å². The van der Waals surface area contributed by atoms with Crippen LogP contribution < -0.4 is 10.6 Å². The molecule has 0 amide bonds. The summed E-state index contributed by atoms with van der Waals surface area (Å²) in [6, 6.07) is 19.7. The van der Waals surface area contributed by atoms with Crippen molar-refractivity contribution >= 4 is 40.5 Å². The van der Waals surface area contributed by atoms with E-state index in [2.05, 4.69) is 43.7 Å². The van der Waals surface area contributed by atoms with Crippen molar-refractivity contribution in [1.82, 2.24) is 9.88 Å². The number of hydrogen-bond donors (Lipinski definition) is 4. The largest absolute Gasteiger partial charge is 0.395 e. The maximum absolute atomic E-state index is 9.91. The minimum Gasteiger partial charge on any atom is -0.395 e. The van der Waals surface area contributed by atoms with Crippen molar-refractivity contribution in [2.45, 2.75) is 18.7 Å². The molecule has 2 aromatic carbocycles. The molecule has 0 aliphatic carbocycles. The lowest BCUT2D eigenvalue weighted by atomic mass is 10.1. The van der Waals surface area contributed by atoms with Crippen molar-refractivity contribution in [3.63, 3.8) is 0 Å². The number of anilines is 3. The Labute approximate surface area is 240 Å². The van der Waals surface area contributed by atoms with Gasteiger partial charge in [0.1, 0.15) is 17.6 Å². The van der Waals surface area contributed by atoms with Gasteiger partial charge in [0, 0.05) is 41.5 Å². The molecule has 0 bridgehead atoms. The average Bonchev–Trinajstić information content (AvgIpc) is 2.97. The van der Waals surface area contributed by atoms with Crippen LogP contribution in [0.25, 0.3) is 0 Å². The molecule has 0 saturated carbocycles. The second kappa shape index (κ2) is 17.2. The summed E-state index contributed by atoms with van der Waals surface area (Å²) in [5, 5.41) is 43.4. The molecule has 10 nitrogen and oxygen atoms in total. The minimum atomic E-state index is -0.0453. The fourth-order valence-corrected chi connectivity index (χ4v) is 4.73. The molecule has 0 spiro atoms. The SMILES string of the molecule is CCN(CCO)CCSc1ccc(N=Nc2c(Nc3ccccc3)nc(NCCOCCO)c(C#N)c2C)cc1. The van der Waals surface area contributed by atoms with Crippen molar-refractivity contribution in [2.24, 2.45) is 10.2 Å². The van der Waals surface area contributed by atoms with Crippen LogP contribution in [0.5, 0.6) is 0 Å². The number of thioether (sulfide) groups is 1. The van der Waals surface area contributed by atoms with Gasteiger partial charge in [-0.1, -0.05) is 25.1 Å². The summed E-state index contributed by atoms with van der Waals surface area (Å²) in [5.41, 5.74) is 3.02. The summed E-state index contributed by atoms with van der Waals surface area (Å²) < 4.78 is 5.32. The van der Waals surface area contributed by atoms with Gasteiger partial charge >= 0.3 is 0 Å². The lowest BCUT2D eigenvalue weighted by Gasteiger charge is -2.18. The number of nitriles is 1. The average molecular weight is 564 g/mol. The van der Waals surface area contributed by atoms with Gasteiger partial charge in [0.05, 0.1) is 37.7 Å². The third kappa shape index (κ3) is 9.59. The molecule has 40 heavy (non-hydrogen) atoms. The Kier molecular flexibility index (Phi) is 13.3. The van der Waals surface area contributed by atoms with E-state index in [-0.39, 0.29) is 19.8 Å². The van der Waals surface area contributed by atoms with E-state index < -0.39 is 0 Å². The number of para-hydroxylation sites is 1. The van der Waals surface area contributed by atoms with Crippen molar-refractivity contribution in [3.05, 3.63) is 65.7 Å². The first kappa shape index (κ1) is 31.0. The Morgan fingerprint density at radius 3 is 2.45 bits per heavy atom. The number of aliphatic hydroxyl groups excluding tert-OH is 2. The van der Waals surface area contributed by atoms with Crippen LogP contribution in [0.15, 0.2) is 69.7 Å². The highest BCUT2D eigenvalue weighted by Gasteiger charge is 2.18. The lowest BCUT2D eigenvalue weighted by Crippen LogP contribution is -2.28. The minimum absolute atomic E-state index is 0.0453. The van der Waals surface area contributed by atoms with Gasteiger partial charge in [-0.25, -0.2) is 4.98 Å². The fourth-order valence-electron chi connectivity index (χ4n) is 3.81. The second-order valence-electron chi connectivity index (χ2n) is 8.72. The molecule has 3 rings (SSSR count). The molecule has 4 N–H and O–H groups in total. The van der Waals surface area contributed by atoms with E-state index in [1.807, 2.05) is 61.5 Å². The first-order chi connectivity index (χ1) is 19.6. The molecule has 0 fully saturated rings. The van der Waals surface area contributed by atoms with Gasteiger partial charge in [0.2, 0.25) is 0 Å². The quantitative estimate of drug-likeness (QED) is 0.0985. The molecule has 11 heteroatoms. The zero-order valence-corrected chi connectivity index (χ0v) is 23.8. The monoisotopic (exact) mass is 563 g/mol. The molecule has 3 aromatic rings. The second-order valence-corrected chi connectivity index (χ2v) is 9.89. The van der Waals surface area contributed by atoms with Crippen LogP contribution in [-0.2, 0) is 4.74 Å². The van der Waals surface area contributed by atoms with Crippen molar-refractivity contribution < 1.29 is 14.9 Å². The number of nitrogens with zero attached hydrogens (tertiary/aromatic N) is 5. The summed E-state index contributed by atoms with van der Waals surface area (Å²) in [7, 11) is 0. The van der Waals surface area contributed by atoms with Gasteiger partial charge in [0.25, 0.3) is 0 Å². The molecule has 0 aliphatic rings. The Morgan fingerprint density at radius 1 is 1.00 bits per heavy atom. The van der Waals surface area contributed by atoms with Crippen molar-refractivity contribution in [3.8, 4) is 6.07 Å². The third-order valence-electron chi connectivity index (χ3n) is 5.98. The predicted molar refractivity (Wildman–Crippen MR) is 160 cm³/mol. The molecule has 0 atom stereocenters. The van der Waals surface area contributed by atoms with E-state index in [9.17, 15) is 5.26 Å². The highest BCUT2D eigenvalue weighted by molar-refractivity contribution is 7.99. The number of pyridine rings is 1. The van der Waals surface area contributed by atoms with Crippen LogP contribution in [0, 0.1) is 18.3 Å². The molecule has 0 aliphatic heterocycles.